The van der Waals surface area contributed by atoms with Gasteiger partial charge in [0.2, 0.25) is 10.0 Å². The van der Waals surface area contributed by atoms with Gasteiger partial charge >= 0.3 is 0 Å². The molecule has 7 heteroatoms. The van der Waals surface area contributed by atoms with Gasteiger partial charge in [-0.25, -0.2) is 8.42 Å². The largest absolute Gasteiger partial charge is 0.336 e. The highest BCUT2D eigenvalue weighted by atomic mass is 32.2. The van der Waals surface area contributed by atoms with E-state index in [1.54, 1.807) is 38.4 Å². The van der Waals surface area contributed by atoms with Gasteiger partial charge in [0.15, 0.2) is 0 Å². The number of rotatable bonds is 5. The monoisotopic (exact) mass is 333 g/mol. The third-order valence-corrected chi connectivity index (χ3v) is 3.84. The van der Waals surface area contributed by atoms with Crippen LogP contribution in [0, 0.1) is 6.92 Å². The number of carbonyl (C=O) groups excluding carboxylic acids is 1. The summed E-state index contributed by atoms with van der Waals surface area (Å²) in [5, 5.41) is 0. The average molecular weight is 333 g/mol. The van der Waals surface area contributed by atoms with Gasteiger partial charge in [-0.1, -0.05) is 12.1 Å². The molecule has 1 aromatic carbocycles. The van der Waals surface area contributed by atoms with Crippen molar-refractivity contribution in [3.05, 3.63) is 59.4 Å². The van der Waals surface area contributed by atoms with Gasteiger partial charge in [0.05, 0.1) is 24.2 Å². The maximum atomic E-state index is 12.5. The van der Waals surface area contributed by atoms with Crippen LogP contribution in [0.15, 0.2) is 42.6 Å². The summed E-state index contributed by atoms with van der Waals surface area (Å²) in [6.45, 7) is 2.15. The highest BCUT2D eigenvalue weighted by molar-refractivity contribution is 7.92. The molecule has 0 saturated heterocycles. The minimum Gasteiger partial charge on any atom is -0.336 e. The van der Waals surface area contributed by atoms with Crippen molar-refractivity contribution in [1.82, 2.24) is 9.88 Å². The fraction of sp³-hybridized carbons (Fsp3) is 0.250. The number of aryl methyl sites for hydroxylation is 1. The maximum Gasteiger partial charge on any atom is 0.254 e. The molecule has 0 aliphatic heterocycles. The van der Waals surface area contributed by atoms with E-state index in [1.807, 2.05) is 18.2 Å². The highest BCUT2D eigenvalue weighted by Gasteiger charge is 2.15. The number of nitrogens with zero attached hydrogens (tertiary/aromatic N) is 2. The fourth-order valence-corrected chi connectivity index (χ4v) is 2.71. The van der Waals surface area contributed by atoms with Gasteiger partial charge in [-0.05, 0) is 36.8 Å². The maximum absolute atomic E-state index is 12.5. The van der Waals surface area contributed by atoms with Gasteiger partial charge in [-0.2, -0.15) is 0 Å². The molecule has 2 rings (SSSR count). The van der Waals surface area contributed by atoms with E-state index in [2.05, 4.69) is 9.71 Å². The van der Waals surface area contributed by atoms with Crippen LogP contribution in [-0.4, -0.2) is 37.5 Å². The lowest BCUT2D eigenvalue weighted by atomic mass is 10.1. The van der Waals surface area contributed by atoms with E-state index in [4.69, 9.17) is 0 Å². The first kappa shape index (κ1) is 17.0. The minimum atomic E-state index is -3.40. The molecular weight excluding hydrogens is 314 g/mol. The van der Waals surface area contributed by atoms with Gasteiger partial charge in [-0.15, -0.1) is 0 Å². The van der Waals surface area contributed by atoms with Crippen LogP contribution in [0.5, 0.6) is 0 Å². The molecule has 0 fully saturated rings. The first-order chi connectivity index (χ1) is 10.8. The van der Waals surface area contributed by atoms with E-state index < -0.39 is 10.0 Å². The van der Waals surface area contributed by atoms with Gasteiger partial charge in [0.25, 0.3) is 5.91 Å². The fourth-order valence-electron chi connectivity index (χ4n) is 2.09. The zero-order chi connectivity index (χ0) is 17.0. The normalized spacial score (nSPS) is 11.1. The Bertz CT molecular complexity index is 805. The predicted octanol–water partition coefficient (Wildman–Crippen LogP) is 2.03. The zero-order valence-corrected chi connectivity index (χ0v) is 14.1. The number of aromatic nitrogens is 1. The number of benzene rings is 1. The van der Waals surface area contributed by atoms with Gasteiger partial charge in [0, 0.05) is 18.8 Å². The summed E-state index contributed by atoms with van der Waals surface area (Å²) in [6, 6.07) is 10.5. The molecule has 0 atom stereocenters. The molecule has 1 aromatic heterocycles. The number of sulfonamides is 1. The number of pyridine rings is 1. The lowest BCUT2D eigenvalue weighted by Crippen LogP contribution is -2.26. The second-order valence-electron chi connectivity index (χ2n) is 5.39. The van der Waals surface area contributed by atoms with Crippen LogP contribution in [0.4, 0.5) is 5.69 Å². The Morgan fingerprint density at radius 3 is 2.61 bits per heavy atom. The molecule has 2 aromatic rings. The van der Waals surface area contributed by atoms with E-state index >= 15 is 0 Å². The van der Waals surface area contributed by atoms with Crippen molar-refractivity contribution in [2.24, 2.45) is 0 Å². The summed E-state index contributed by atoms with van der Waals surface area (Å²) in [7, 11) is -1.71. The first-order valence-corrected chi connectivity index (χ1v) is 8.89. The Kier molecular flexibility index (Phi) is 5.00. The van der Waals surface area contributed by atoms with Crippen molar-refractivity contribution in [3.8, 4) is 0 Å². The quantitative estimate of drug-likeness (QED) is 0.908. The third kappa shape index (κ3) is 4.79. The molecule has 0 spiro atoms. The molecule has 0 aliphatic rings. The highest BCUT2D eigenvalue weighted by Crippen LogP contribution is 2.19. The molecule has 122 valence electrons. The summed E-state index contributed by atoms with van der Waals surface area (Å²) in [5.41, 5.74) is 2.36. The molecule has 1 amide bonds. The molecule has 23 heavy (non-hydrogen) atoms. The topological polar surface area (TPSA) is 79.4 Å². The van der Waals surface area contributed by atoms with Crippen LogP contribution < -0.4 is 4.72 Å². The van der Waals surface area contributed by atoms with Crippen molar-refractivity contribution in [1.29, 1.82) is 0 Å². The number of hydrogen-bond donors (Lipinski definition) is 1. The summed E-state index contributed by atoms with van der Waals surface area (Å²) in [4.78, 5) is 18.2. The summed E-state index contributed by atoms with van der Waals surface area (Å²) < 4.78 is 25.2. The molecular formula is C16H19N3O3S. The van der Waals surface area contributed by atoms with Crippen LogP contribution in [0.3, 0.4) is 0 Å². The molecule has 0 unspecified atom stereocenters. The smallest absolute Gasteiger partial charge is 0.254 e. The number of anilines is 1. The van der Waals surface area contributed by atoms with Crippen LogP contribution in [0.1, 0.15) is 21.6 Å². The van der Waals surface area contributed by atoms with Crippen molar-refractivity contribution >= 4 is 21.6 Å². The Balaban J connectivity index is 2.20. The first-order valence-electron chi connectivity index (χ1n) is 7.00. The van der Waals surface area contributed by atoms with Crippen LogP contribution >= 0.6 is 0 Å². The molecule has 1 heterocycles. The van der Waals surface area contributed by atoms with Gasteiger partial charge in [-0.3, -0.25) is 14.5 Å². The van der Waals surface area contributed by atoms with Crippen LogP contribution in [-0.2, 0) is 16.6 Å². The zero-order valence-electron chi connectivity index (χ0n) is 13.3. The van der Waals surface area contributed by atoms with Gasteiger partial charge < -0.3 is 4.90 Å². The molecule has 0 bridgehead atoms. The van der Waals surface area contributed by atoms with Crippen LogP contribution in [0.25, 0.3) is 0 Å². The van der Waals surface area contributed by atoms with E-state index in [0.717, 1.165) is 17.5 Å². The average Bonchev–Trinajstić information content (AvgIpc) is 2.48. The standard InChI is InChI=1S/C16H19N3O3S/c1-12-7-8-13(10-15(12)18-23(3,21)22)16(20)19(2)11-14-6-4-5-9-17-14/h4-10,18H,11H2,1-3H3. The SMILES string of the molecule is Cc1ccc(C(=O)N(C)Cc2ccccn2)cc1NS(C)(=O)=O. The lowest BCUT2D eigenvalue weighted by molar-refractivity contribution is 0.0783. The van der Waals surface area contributed by atoms with E-state index in [9.17, 15) is 13.2 Å². The predicted molar refractivity (Wildman–Crippen MR) is 89.7 cm³/mol. The molecule has 6 nitrogen and oxygen atoms in total. The molecule has 0 saturated carbocycles. The van der Waals surface area contributed by atoms with E-state index in [1.165, 1.54) is 4.90 Å². The van der Waals surface area contributed by atoms with Crippen LogP contribution in [0.2, 0.25) is 0 Å². The Labute approximate surface area is 136 Å². The van der Waals surface area contributed by atoms with Crippen molar-refractivity contribution in [2.45, 2.75) is 13.5 Å². The van der Waals surface area contributed by atoms with E-state index in [0.29, 0.717) is 17.8 Å². The number of carbonyl (C=O) groups is 1. The molecule has 0 aliphatic carbocycles. The summed E-state index contributed by atoms with van der Waals surface area (Å²) >= 11 is 0. The molecule has 0 radical (unpaired) electrons. The summed E-state index contributed by atoms with van der Waals surface area (Å²) in [5.74, 6) is -0.202. The number of nitrogens with one attached hydrogen (secondary N) is 1. The van der Waals surface area contributed by atoms with Crippen molar-refractivity contribution < 1.29 is 13.2 Å². The lowest BCUT2D eigenvalue weighted by Gasteiger charge is -2.18. The minimum absolute atomic E-state index is 0.202. The molecule has 1 N–H and O–H groups in total. The van der Waals surface area contributed by atoms with Crippen molar-refractivity contribution in [2.75, 3.05) is 18.0 Å². The Hall–Kier alpha value is -2.41. The van der Waals surface area contributed by atoms with Gasteiger partial charge in [0.1, 0.15) is 0 Å². The third-order valence-electron chi connectivity index (χ3n) is 3.25. The Morgan fingerprint density at radius 1 is 1.26 bits per heavy atom. The van der Waals surface area contributed by atoms with Crippen molar-refractivity contribution in [3.63, 3.8) is 0 Å². The summed E-state index contributed by atoms with van der Waals surface area (Å²) in [6.07, 6.45) is 2.75. The number of hydrogen-bond acceptors (Lipinski definition) is 4. The number of amides is 1. The second kappa shape index (κ2) is 6.78. The Morgan fingerprint density at radius 2 is 2.00 bits per heavy atom. The second-order valence-corrected chi connectivity index (χ2v) is 7.13. The van der Waals surface area contributed by atoms with E-state index in [-0.39, 0.29) is 5.91 Å².